The second-order valence-electron chi connectivity index (χ2n) is 10.2. The Kier molecular flexibility index (Phi) is 11.6. The Morgan fingerprint density at radius 3 is 2.59 bits per heavy atom. The molecule has 3 amide bonds. The number of aryl methyl sites for hydroxylation is 1. The first kappa shape index (κ1) is 30.4. The van der Waals surface area contributed by atoms with Crippen molar-refractivity contribution in [2.45, 2.75) is 64.6 Å². The van der Waals surface area contributed by atoms with Crippen molar-refractivity contribution >= 4 is 29.3 Å². The topological polar surface area (TPSA) is 99.8 Å². The number of halogens is 1. The van der Waals surface area contributed by atoms with Crippen LogP contribution in [0.2, 0.25) is 5.02 Å². The maximum absolute atomic E-state index is 13.5. The van der Waals surface area contributed by atoms with Crippen LogP contribution >= 0.6 is 11.6 Å². The SMILES string of the molecule is CC[C@H](C)[C@@H]1NCCOc2ccccc2CCCNC(=O)[C@@H](Cc2cccc(Cl)c2)NC(=O)[C@@H](C)N(C)C1=O. The van der Waals surface area contributed by atoms with E-state index in [1.807, 2.05) is 50.2 Å². The highest BCUT2D eigenvalue weighted by Crippen LogP contribution is 2.20. The Labute approximate surface area is 236 Å². The summed E-state index contributed by atoms with van der Waals surface area (Å²) in [5.41, 5.74) is 1.88. The molecule has 1 aliphatic heterocycles. The molecular weight excluding hydrogens is 516 g/mol. The number of likely N-dealkylation sites (N-methyl/N-ethyl adjacent to an activating group) is 1. The maximum atomic E-state index is 13.5. The zero-order valence-corrected chi connectivity index (χ0v) is 24.1. The van der Waals surface area contributed by atoms with E-state index >= 15 is 0 Å². The smallest absolute Gasteiger partial charge is 0.243 e. The van der Waals surface area contributed by atoms with Crippen LogP contribution in [0, 0.1) is 5.92 Å². The Morgan fingerprint density at radius 2 is 1.85 bits per heavy atom. The highest BCUT2D eigenvalue weighted by Gasteiger charge is 2.32. The van der Waals surface area contributed by atoms with Gasteiger partial charge in [-0.05, 0) is 55.0 Å². The summed E-state index contributed by atoms with van der Waals surface area (Å²) >= 11 is 6.16. The molecule has 0 spiro atoms. The van der Waals surface area contributed by atoms with Crippen LogP contribution in [-0.2, 0) is 27.2 Å². The monoisotopic (exact) mass is 556 g/mol. The first-order valence-corrected chi connectivity index (χ1v) is 14.1. The van der Waals surface area contributed by atoms with Crippen molar-refractivity contribution in [3.8, 4) is 5.75 Å². The molecular formula is C30H41ClN4O4. The average Bonchev–Trinajstić information content (AvgIpc) is 2.93. The molecule has 2 aromatic rings. The van der Waals surface area contributed by atoms with Gasteiger partial charge in [0.25, 0.3) is 0 Å². The van der Waals surface area contributed by atoms with Gasteiger partial charge in [0, 0.05) is 31.6 Å². The third-order valence-electron chi connectivity index (χ3n) is 7.37. The van der Waals surface area contributed by atoms with Gasteiger partial charge >= 0.3 is 0 Å². The van der Waals surface area contributed by atoms with Crippen LogP contribution in [0.15, 0.2) is 48.5 Å². The summed E-state index contributed by atoms with van der Waals surface area (Å²) in [6.07, 6.45) is 2.51. The lowest BCUT2D eigenvalue weighted by Gasteiger charge is -2.32. The fraction of sp³-hybridized carbons (Fsp3) is 0.500. The first-order chi connectivity index (χ1) is 18.7. The van der Waals surface area contributed by atoms with Crippen LogP contribution in [0.5, 0.6) is 5.75 Å². The average molecular weight is 557 g/mol. The van der Waals surface area contributed by atoms with Crippen molar-refractivity contribution in [3.63, 3.8) is 0 Å². The number of nitrogens with one attached hydrogen (secondary N) is 3. The second-order valence-corrected chi connectivity index (χ2v) is 10.6. The molecule has 212 valence electrons. The van der Waals surface area contributed by atoms with E-state index < -0.39 is 24.0 Å². The molecule has 39 heavy (non-hydrogen) atoms. The fourth-order valence-electron chi connectivity index (χ4n) is 4.60. The Hall–Kier alpha value is -3.10. The minimum Gasteiger partial charge on any atom is -0.492 e. The van der Waals surface area contributed by atoms with Gasteiger partial charge in [0.05, 0.1) is 6.04 Å². The molecule has 0 unspecified atom stereocenters. The van der Waals surface area contributed by atoms with Gasteiger partial charge in [0.1, 0.15) is 24.4 Å². The molecule has 0 fully saturated rings. The summed E-state index contributed by atoms with van der Waals surface area (Å²) in [6.45, 7) is 7.06. The largest absolute Gasteiger partial charge is 0.492 e. The minimum atomic E-state index is -0.820. The standard InChI is InChI=1S/C30H41ClN4O4/c1-5-20(2)27-30(38)35(4)21(3)28(36)34-25(19-22-10-8-13-24(31)18-22)29(37)33-15-9-12-23-11-6-7-14-26(23)39-17-16-32-27/h6-8,10-11,13-14,18,20-21,25,27,32H,5,9,12,15-17,19H2,1-4H3,(H,33,37)(H,34,36)/t20-,21+,25+,27-/m0/s1. The summed E-state index contributed by atoms with van der Waals surface area (Å²) in [4.78, 5) is 41.5. The molecule has 8 nitrogen and oxygen atoms in total. The number of nitrogens with zero attached hydrogens (tertiary/aromatic N) is 1. The van der Waals surface area contributed by atoms with Crippen molar-refractivity contribution in [1.82, 2.24) is 20.9 Å². The third kappa shape index (κ3) is 8.70. The summed E-state index contributed by atoms with van der Waals surface area (Å²) < 4.78 is 6.06. The predicted octanol–water partition coefficient (Wildman–Crippen LogP) is 3.36. The number of benzene rings is 2. The lowest BCUT2D eigenvalue weighted by atomic mass is 9.97. The van der Waals surface area contributed by atoms with Gasteiger partial charge < -0.3 is 25.6 Å². The molecule has 0 saturated carbocycles. The molecule has 0 bridgehead atoms. The van der Waals surface area contributed by atoms with Gasteiger partial charge in [-0.2, -0.15) is 0 Å². The van der Waals surface area contributed by atoms with E-state index in [1.54, 1.807) is 26.1 Å². The van der Waals surface area contributed by atoms with E-state index in [0.717, 1.165) is 29.7 Å². The number of hydrogen-bond donors (Lipinski definition) is 3. The second kappa shape index (κ2) is 14.9. The van der Waals surface area contributed by atoms with Crippen molar-refractivity contribution in [2.24, 2.45) is 5.92 Å². The maximum Gasteiger partial charge on any atom is 0.243 e. The quantitative estimate of drug-likeness (QED) is 0.536. The Bertz CT molecular complexity index is 1130. The highest BCUT2D eigenvalue weighted by atomic mass is 35.5. The van der Waals surface area contributed by atoms with Gasteiger partial charge in [-0.15, -0.1) is 0 Å². The van der Waals surface area contributed by atoms with Crippen LogP contribution in [0.3, 0.4) is 0 Å². The van der Waals surface area contributed by atoms with E-state index in [0.29, 0.717) is 31.1 Å². The van der Waals surface area contributed by atoms with E-state index in [2.05, 4.69) is 16.0 Å². The molecule has 0 radical (unpaired) electrons. The van der Waals surface area contributed by atoms with E-state index in [4.69, 9.17) is 16.3 Å². The normalized spacial score (nSPS) is 22.9. The molecule has 9 heteroatoms. The summed E-state index contributed by atoms with van der Waals surface area (Å²) in [5, 5.41) is 9.76. The number of carbonyl (C=O) groups is 3. The molecule has 2 aromatic carbocycles. The van der Waals surface area contributed by atoms with Crippen molar-refractivity contribution in [1.29, 1.82) is 0 Å². The lowest BCUT2D eigenvalue weighted by Crippen LogP contribution is -2.57. The number of fused-ring (bicyclic) bond motifs is 1. The number of amides is 3. The van der Waals surface area contributed by atoms with Gasteiger partial charge in [0.15, 0.2) is 0 Å². The number of ether oxygens (including phenoxy) is 1. The molecule has 0 saturated heterocycles. The minimum absolute atomic E-state index is 0.0504. The number of para-hydroxylation sites is 1. The predicted molar refractivity (Wildman–Crippen MR) is 154 cm³/mol. The number of rotatable bonds is 4. The van der Waals surface area contributed by atoms with E-state index in [1.165, 1.54) is 4.90 Å². The number of carbonyl (C=O) groups excluding carboxylic acids is 3. The molecule has 3 rings (SSSR count). The molecule has 1 aliphatic rings. The molecule has 0 aromatic heterocycles. The van der Waals surface area contributed by atoms with E-state index in [-0.39, 0.29) is 24.2 Å². The Morgan fingerprint density at radius 1 is 1.08 bits per heavy atom. The van der Waals surface area contributed by atoms with Gasteiger partial charge in [-0.1, -0.05) is 62.2 Å². The zero-order chi connectivity index (χ0) is 28.4. The third-order valence-corrected chi connectivity index (χ3v) is 7.60. The summed E-state index contributed by atoms with van der Waals surface area (Å²) in [5.74, 6) is -0.00239. The van der Waals surface area contributed by atoms with Crippen LogP contribution in [-0.4, -0.2) is 67.5 Å². The van der Waals surface area contributed by atoms with Crippen LogP contribution in [0.1, 0.15) is 44.7 Å². The van der Waals surface area contributed by atoms with Crippen LogP contribution in [0.4, 0.5) is 0 Å². The lowest BCUT2D eigenvalue weighted by molar-refractivity contribution is -0.141. The summed E-state index contributed by atoms with van der Waals surface area (Å²) in [6, 6.07) is 13.0. The van der Waals surface area contributed by atoms with Gasteiger partial charge in [-0.3, -0.25) is 14.4 Å². The summed E-state index contributed by atoms with van der Waals surface area (Å²) in [7, 11) is 1.63. The van der Waals surface area contributed by atoms with Crippen LogP contribution < -0.4 is 20.7 Å². The molecule has 4 atom stereocenters. The van der Waals surface area contributed by atoms with Crippen LogP contribution in [0.25, 0.3) is 0 Å². The molecule has 0 aliphatic carbocycles. The van der Waals surface area contributed by atoms with Crippen molar-refractivity contribution < 1.29 is 19.1 Å². The molecule has 3 N–H and O–H groups in total. The van der Waals surface area contributed by atoms with E-state index in [9.17, 15) is 14.4 Å². The first-order valence-electron chi connectivity index (χ1n) is 13.7. The Balaban J connectivity index is 1.86. The molecule has 1 heterocycles. The van der Waals surface area contributed by atoms with Crippen molar-refractivity contribution in [2.75, 3.05) is 26.7 Å². The van der Waals surface area contributed by atoms with Gasteiger partial charge in [0.2, 0.25) is 17.7 Å². The number of hydrogen-bond acceptors (Lipinski definition) is 5. The van der Waals surface area contributed by atoms with Gasteiger partial charge in [-0.25, -0.2) is 0 Å². The van der Waals surface area contributed by atoms with Crippen molar-refractivity contribution in [3.05, 3.63) is 64.7 Å². The highest BCUT2D eigenvalue weighted by molar-refractivity contribution is 6.30. The zero-order valence-electron chi connectivity index (χ0n) is 23.3. The fourth-order valence-corrected chi connectivity index (χ4v) is 4.81.